The summed E-state index contributed by atoms with van der Waals surface area (Å²) in [5, 5.41) is 11.4. The molecule has 0 bridgehead atoms. The van der Waals surface area contributed by atoms with Gasteiger partial charge in [0.15, 0.2) is 5.65 Å². The molecule has 7 nitrogen and oxygen atoms in total. The van der Waals surface area contributed by atoms with Crippen molar-refractivity contribution >= 4 is 11.6 Å². The minimum Gasteiger partial charge on any atom is -0.462 e. The van der Waals surface area contributed by atoms with E-state index in [4.69, 9.17) is 4.74 Å². The number of anilines is 1. The molecule has 2 atom stereocenters. The predicted molar refractivity (Wildman–Crippen MR) is 110 cm³/mol. The zero-order valence-electron chi connectivity index (χ0n) is 16.7. The van der Waals surface area contributed by atoms with Crippen molar-refractivity contribution in [2.45, 2.75) is 51.6 Å². The van der Waals surface area contributed by atoms with Crippen molar-refractivity contribution in [3.8, 4) is 6.01 Å². The monoisotopic (exact) mass is 380 g/mol. The van der Waals surface area contributed by atoms with Crippen molar-refractivity contribution in [1.29, 1.82) is 0 Å². The van der Waals surface area contributed by atoms with Crippen LogP contribution in [0.4, 0.5) is 5.95 Å². The van der Waals surface area contributed by atoms with Crippen LogP contribution in [0.5, 0.6) is 6.01 Å². The number of aromatic nitrogens is 4. The van der Waals surface area contributed by atoms with Crippen LogP contribution >= 0.6 is 0 Å². The third-order valence-electron chi connectivity index (χ3n) is 5.22. The molecule has 7 heteroatoms. The number of hydrogen-bond donors (Lipinski definition) is 2. The molecule has 1 aromatic carbocycles. The molecule has 148 valence electrons. The molecule has 4 rings (SSSR count). The van der Waals surface area contributed by atoms with Crippen molar-refractivity contribution < 1.29 is 4.74 Å². The number of benzene rings is 1. The molecule has 1 aliphatic heterocycles. The van der Waals surface area contributed by atoms with Crippen LogP contribution in [0.15, 0.2) is 36.5 Å². The zero-order valence-corrected chi connectivity index (χ0v) is 16.7. The van der Waals surface area contributed by atoms with E-state index in [9.17, 15) is 0 Å². The number of nitrogens with one attached hydrogen (secondary N) is 2. The lowest BCUT2D eigenvalue weighted by Crippen LogP contribution is -2.28. The Morgan fingerprint density at radius 2 is 2.04 bits per heavy atom. The van der Waals surface area contributed by atoms with E-state index >= 15 is 0 Å². The molecule has 1 saturated heterocycles. The standard InChI is InChI=1S/C21H28N6O/c1-14(2)18-12-23-27-19(18)25-21(28-13-17-10-7-11-22-17)26-20(27)24-15(3)16-8-5-4-6-9-16/h4-6,8-9,12,14-15,17,22H,7,10-11,13H2,1-3H3,(H,24,25,26)/t15-,17+/m0/s1. The van der Waals surface area contributed by atoms with E-state index in [2.05, 4.69) is 58.6 Å². The zero-order chi connectivity index (χ0) is 19.5. The van der Waals surface area contributed by atoms with Gasteiger partial charge in [0, 0.05) is 11.6 Å². The lowest BCUT2D eigenvalue weighted by molar-refractivity contribution is 0.257. The Hall–Kier alpha value is -2.67. The minimum atomic E-state index is 0.0790. The predicted octanol–water partition coefficient (Wildman–Crippen LogP) is 3.55. The van der Waals surface area contributed by atoms with Crippen molar-refractivity contribution in [2.24, 2.45) is 0 Å². The van der Waals surface area contributed by atoms with E-state index in [1.54, 1.807) is 4.52 Å². The summed E-state index contributed by atoms with van der Waals surface area (Å²) in [7, 11) is 0. The van der Waals surface area contributed by atoms with Gasteiger partial charge in [0.25, 0.3) is 0 Å². The Bertz CT molecular complexity index is 917. The van der Waals surface area contributed by atoms with Gasteiger partial charge in [-0.05, 0) is 37.8 Å². The van der Waals surface area contributed by atoms with Gasteiger partial charge in [-0.3, -0.25) is 0 Å². The fourth-order valence-electron chi connectivity index (χ4n) is 3.53. The molecular weight excluding hydrogens is 352 g/mol. The van der Waals surface area contributed by atoms with Gasteiger partial charge in [0.1, 0.15) is 6.61 Å². The molecular formula is C21H28N6O. The summed E-state index contributed by atoms with van der Waals surface area (Å²) in [4.78, 5) is 9.29. The first-order valence-corrected chi connectivity index (χ1v) is 10.0. The van der Waals surface area contributed by atoms with E-state index in [0.29, 0.717) is 30.5 Å². The van der Waals surface area contributed by atoms with Gasteiger partial charge in [-0.15, -0.1) is 0 Å². The van der Waals surface area contributed by atoms with Crippen molar-refractivity contribution in [3.63, 3.8) is 0 Å². The largest absolute Gasteiger partial charge is 0.462 e. The summed E-state index contributed by atoms with van der Waals surface area (Å²) < 4.78 is 7.74. The van der Waals surface area contributed by atoms with Gasteiger partial charge in [0.2, 0.25) is 5.95 Å². The Morgan fingerprint density at radius 3 is 2.75 bits per heavy atom. The molecule has 2 N–H and O–H groups in total. The van der Waals surface area contributed by atoms with Crippen LogP contribution in [0.2, 0.25) is 0 Å². The number of ether oxygens (including phenoxy) is 1. The maximum atomic E-state index is 5.96. The molecule has 1 aliphatic rings. The molecule has 0 aliphatic carbocycles. The van der Waals surface area contributed by atoms with Crippen LogP contribution < -0.4 is 15.4 Å². The molecule has 2 aromatic heterocycles. The first-order chi connectivity index (χ1) is 13.6. The number of rotatable bonds is 7. The normalized spacial score (nSPS) is 17.9. The Morgan fingerprint density at radius 1 is 1.21 bits per heavy atom. The van der Waals surface area contributed by atoms with Gasteiger partial charge < -0.3 is 15.4 Å². The average molecular weight is 380 g/mol. The summed E-state index contributed by atoms with van der Waals surface area (Å²) in [6.45, 7) is 8.02. The van der Waals surface area contributed by atoms with Crippen molar-refractivity contribution in [2.75, 3.05) is 18.5 Å². The third kappa shape index (κ3) is 3.94. The van der Waals surface area contributed by atoms with Crippen LogP contribution in [-0.4, -0.2) is 38.8 Å². The molecule has 3 heterocycles. The van der Waals surface area contributed by atoms with Gasteiger partial charge >= 0.3 is 6.01 Å². The van der Waals surface area contributed by atoms with Crippen LogP contribution in [0.1, 0.15) is 56.7 Å². The lowest BCUT2D eigenvalue weighted by atomic mass is 10.1. The molecule has 0 unspecified atom stereocenters. The molecule has 0 saturated carbocycles. The van der Waals surface area contributed by atoms with E-state index in [1.807, 2.05) is 24.4 Å². The van der Waals surface area contributed by atoms with E-state index in [-0.39, 0.29) is 6.04 Å². The van der Waals surface area contributed by atoms with Crippen LogP contribution in [0.3, 0.4) is 0 Å². The molecule has 3 aromatic rings. The quantitative estimate of drug-likeness (QED) is 0.653. The summed E-state index contributed by atoms with van der Waals surface area (Å²) in [6.07, 6.45) is 4.19. The molecule has 1 fully saturated rings. The second kappa shape index (κ2) is 8.14. The van der Waals surface area contributed by atoms with Gasteiger partial charge in [0.05, 0.1) is 12.2 Å². The van der Waals surface area contributed by atoms with Crippen LogP contribution in [-0.2, 0) is 0 Å². The average Bonchev–Trinajstić information content (AvgIpc) is 3.37. The summed E-state index contributed by atoms with van der Waals surface area (Å²) in [5.74, 6) is 0.957. The Labute approximate surface area is 165 Å². The Balaban J connectivity index is 1.64. The van der Waals surface area contributed by atoms with Crippen LogP contribution in [0, 0.1) is 0 Å². The maximum Gasteiger partial charge on any atom is 0.321 e. The fraction of sp³-hybridized carbons (Fsp3) is 0.476. The van der Waals surface area contributed by atoms with E-state index in [0.717, 1.165) is 24.2 Å². The summed E-state index contributed by atoms with van der Waals surface area (Å²) >= 11 is 0. The first kappa shape index (κ1) is 18.7. The highest BCUT2D eigenvalue weighted by atomic mass is 16.5. The fourth-order valence-corrected chi connectivity index (χ4v) is 3.53. The van der Waals surface area contributed by atoms with Gasteiger partial charge in [-0.1, -0.05) is 44.2 Å². The highest BCUT2D eigenvalue weighted by Gasteiger charge is 2.19. The SMILES string of the molecule is CC(C)c1cnn2c(N[C@@H](C)c3ccccc3)nc(OC[C@H]3CCCN3)nc12. The second-order valence-corrected chi connectivity index (χ2v) is 7.70. The molecule has 0 radical (unpaired) electrons. The summed E-state index contributed by atoms with van der Waals surface area (Å²) in [6, 6.07) is 11.1. The lowest BCUT2D eigenvalue weighted by Gasteiger charge is -2.17. The van der Waals surface area contributed by atoms with Crippen molar-refractivity contribution in [1.82, 2.24) is 24.9 Å². The highest BCUT2D eigenvalue weighted by Crippen LogP contribution is 2.25. The molecule has 28 heavy (non-hydrogen) atoms. The number of hydrogen-bond acceptors (Lipinski definition) is 6. The highest BCUT2D eigenvalue weighted by molar-refractivity contribution is 5.53. The minimum absolute atomic E-state index is 0.0790. The number of fused-ring (bicyclic) bond motifs is 1. The van der Waals surface area contributed by atoms with Gasteiger partial charge in [-0.25, -0.2) is 0 Å². The van der Waals surface area contributed by atoms with Crippen LogP contribution in [0.25, 0.3) is 5.65 Å². The molecule has 0 spiro atoms. The first-order valence-electron chi connectivity index (χ1n) is 10.0. The number of nitrogens with zero attached hydrogens (tertiary/aromatic N) is 4. The smallest absolute Gasteiger partial charge is 0.321 e. The molecule has 0 amide bonds. The van der Waals surface area contributed by atoms with E-state index < -0.39 is 0 Å². The van der Waals surface area contributed by atoms with E-state index in [1.165, 1.54) is 12.0 Å². The van der Waals surface area contributed by atoms with Gasteiger partial charge in [-0.2, -0.15) is 19.6 Å². The Kier molecular flexibility index (Phi) is 5.43. The van der Waals surface area contributed by atoms with Crippen molar-refractivity contribution in [3.05, 3.63) is 47.7 Å². The second-order valence-electron chi connectivity index (χ2n) is 7.70. The summed E-state index contributed by atoms with van der Waals surface area (Å²) in [5.41, 5.74) is 3.06. The topological polar surface area (TPSA) is 76.4 Å². The maximum absolute atomic E-state index is 5.96. The third-order valence-corrected chi connectivity index (χ3v) is 5.22.